The molecule has 116 valence electrons. The fourth-order valence-corrected chi connectivity index (χ4v) is 2.21. The Balaban J connectivity index is 2.69. The number of nitrogens with two attached hydrogens (primary N) is 2. The fraction of sp³-hybridized carbons (Fsp3) is 0.143. The van der Waals surface area contributed by atoms with Crippen molar-refractivity contribution in [2.24, 2.45) is 18.5 Å². The molecule has 0 aliphatic heterocycles. The molecule has 22 heavy (non-hydrogen) atoms. The molecule has 3 amide bonds. The minimum absolute atomic E-state index is 0.0297. The summed E-state index contributed by atoms with van der Waals surface area (Å²) in [5.74, 6) is -0.0350. The van der Waals surface area contributed by atoms with Crippen LogP contribution >= 0.6 is 0 Å². The predicted molar refractivity (Wildman–Crippen MR) is 80.8 cm³/mol. The van der Waals surface area contributed by atoms with Gasteiger partial charge in [0.05, 0.1) is 18.4 Å². The summed E-state index contributed by atoms with van der Waals surface area (Å²) in [6.07, 6.45) is 0. The number of ether oxygens (including phenoxy) is 1. The van der Waals surface area contributed by atoms with Crippen molar-refractivity contribution in [1.82, 2.24) is 4.57 Å². The van der Waals surface area contributed by atoms with Gasteiger partial charge in [-0.05, 0) is 24.3 Å². The Kier molecular flexibility index (Phi) is 3.93. The van der Waals surface area contributed by atoms with Crippen molar-refractivity contribution in [1.29, 1.82) is 0 Å². The summed E-state index contributed by atoms with van der Waals surface area (Å²) in [6.45, 7) is 0. The molecule has 0 saturated heterocycles. The van der Waals surface area contributed by atoms with Crippen LogP contribution in [0.2, 0.25) is 0 Å². The summed E-state index contributed by atoms with van der Waals surface area (Å²) < 4.78 is 6.78. The maximum Gasteiger partial charge on any atom is 0.317 e. The Morgan fingerprint density at radius 1 is 1.27 bits per heavy atom. The van der Waals surface area contributed by atoms with Gasteiger partial charge in [-0.1, -0.05) is 0 Å². The van der Waals surface area contributed by atoms with Gasteiger partial charge in [0.15, 0.2) is 0 Å². The van der Waals surface area contributed by atoms with Gasteiger partial charge in [-0.3, -0.25) is 10.1 Å². The number of phenolic OH excluding ortho intramolecular Hbond substituents is 1. The van der Waals surface area contributed by atoms with Crippen LogP contribution in [0.25, 0.3) is 11.3 Å². The van der Waals surface area contributed by atoms with Gasteiger partial charge in [0.25, 0.3) is 5.91 Å². The van der Waals surface area contributed by atoms with E-state index in [0.29, 0.717) is 17.0 Å². The van der Waals surface area contributed by atoms with Gasteiger partial charge >= 0.3 is 6.03 Å². The molecule has 0 fully saturated rings. The van der Waals surface area contributed by atoms with Crippen LogP contribution < -0.4 is 21.5 Å². The highest BCUT2D eigenvalue weighted by Gasteiger charge is 2.21. The first-order valence-corrected chi connectivity index (χ1v) is 6.28. The van der Waals surface area contributed by atoms with E-state index in [0.717, 1.165) is 0 Å². The minimum atomic E-state index is -0.821. The third-order valence-corrected chi connectivity index (χ3v) is 3.20. The van der Waals surface area contributed by atoms with Crippen molar-refractivity contribution in [3.63, 3.8) is 0 Å². The van der Waals surface area contributed by atoms with E-state index >= 15 is 0 Å². The van der Waals surface area contributed by atoms with Gasteiger partial charge in [0.2, 0.25) is 0 Å². The van der Waals surface area contributed by atoms with Crippen LogP contribution in [-0.4, -0.2) is 28.7 Å². The minimum Gasteiger partial charge on any atom is -0.508 e. The number of amides is 3. The molecule has 0 aliphatic carbocycles. The molecule has 0 unspecified atom stereocenters. The highest BCUT2D eigenvalue weighted by molar-refractivity contribution is 6.03. The van der Waals surface area contributed by atoms with Crippen LogP contribution in [0.5, 0.6) is 11.5 Å². The SMILES string of the molecule is COc1ccc(O)cc1-c1cc(C(N)=O)c(NC(N)=O)n1C. The predicted octanol–water partition coefficient (Wildman–Crippen LogP) is 0.996. The Hall–Kier alpha value is -3.16. The molecule has 8 nitrogen and oxygen atoms in total. The standard InChI is InChI=1S/C14H16N4O4/c1-18-10(8-5-7(19)3-4-11(8)22-2)6-9(12(15)20)13(18)17-14(16)21/h3-6,19H,1-2H3,(H2,15,20)(H3,16,17,21). The zero-order valence-corrected chi connectivity index (χ0v) is 12.1. The summed E-state index contributed by atoms with van der Waals surface area (Å²) in [7, 11) is 3.10. The molecule has 2 aromatic rings. The van der Waals surface area contributed by atoms with Crippen LogP contribution in [0, 0.1) is 0 Å². The highest BCUT2D eigenvalue weighted by Crippen LogP contribution is 2.36. The van der Waals surface area contributed by atoms with Crippen LogP contribution in [0.3, 0.4) is 0 Å². The Labute approximate surface area is 126 Å². The number of carbonyl (C=O) groups excluding carboxylic acids is 2. The molecule has 0 aliphatic rings. The lowest BCUT2D eigenvalue weighted by atomic mass is 10.1. The largest absolute Gasteiger partial charge is 0.508 e. The molecule has 6 N–H and O–H groups in total. The number of anilines is 1. The number of carbonyl (C=O) groups is 2. The molecule has 2 rings (SSSR count). The molecule has 8 heteroatoms. The second kappa shape index (κ2) is 5.68. The van der Waals surface area contributed by atoms with Gasteiger partial charge in [0.1, 0.15) is 17.3 Å². The van der Waals surface area contributed by atoms with E-state index in [9.17, 15) is 14.7 Å². The second-order valence-electron chi connectivity index (χ2n) is 4.59. The van der Waals surface area contributed by atoms with Crippen molar-refractivity contribution < 1.29 is 19.4 Å². The molecule has 1 heterocycles. The molecule has 1 aromatic carbocycles. The highest BCUT2D eigenvalue weighted by atomic mass is 16.5. The number of nitrogens with zero attached hydrogens (tertiary/aromatic N) is 1. The van der Waals surface area contributed by atoms with E-state index in [1.807, 2.05) is 0 Å². The van der Waals surface area contributed by atoms with E-state index in [1.54, 1.807) is 13.1 Å². The lowest BCUT2D eigenvalue weighted by Crippen LogP contribution is -2.23. The smallest absolute Gasteiger partial charge is 0.317 e. The number of primary amides is 2. The number of rotatable bonds is 4. The Morgan fingerprint density at radius 2 is 1.95 bits per heavy atom. The zero-order valence-electron chi connectivity index (χ0n) is 12.1. The van der Waals surface area contributed by atoms with Crippen molar-refractivity contribution >= 4 is 17.8 Å². The van der Waals surface area contributed by atoms with Crippen molar-refractivity contribution in [2.45, 2.75) is 0 Å². The average molecular weight is 304 g/mol. The molecular weight excluding hydrogens is 288 g/mol. The second-order valence-corrected chi connectivity index (χ2v) is 4.59. The number of benzene rings is 1. The number of methoxy groups -OCH3 is 1. The fourth-order valence-electron chi connectivity index (χ4n) is 2.21. The van der Waals surface area contributed by atoms with Crippen LogP contribution in [-0.2, 0) is 7.05 Å². The summed E-state index contributed by atoms with van der Waals surface area (Å²) >= 11 is 0. The maximum atomic E-state index is 11.6. The number of aromatic hydroxyl groups is 1. The zero-order chi connectivity index (χ0) is 16.4. The van der Waals surface area contributed by atoms with E-state index < -0.39 is 11.9 Å². The summed E-state index contributed by atoms with van der Waals surface area (Å²) in [5, 5.41) is 12.0. The molecule has 1 aromatic heterocycles. The van der Waals surface area contributed by atoms with E-state index in [4.69, 9.17) is 16.2 Å². The number of hydrogen-bond acceptors (Lipinski definition) is 4. The summed E-state index contributed by atoms with van der Waals surface area (Å²) in [4.78, 5) is 22.7. The number of nitrogens with one attached hydrogen (secondary N) is 1. The molecule has 0 spiro atoms. The van der Waals surface area contributed by atoms with Crippen molar-refractivity contribution in [2.75, 3.05) is 12.4 Å². The molecule has 0 bridgehead atoms. The number of hydrogen-bond donors (Lipinski definition) is 4. The first kappa shape index (κ1) is 15.2. The van der Waals surface area contributed by atoms with E-state index in [-0.39, 0.29) is 17.1 Å². The van der Waals surface area contributed by atoms with Gasteiger partial charge < -0.3 is 25.9 Å². The van der Waals surface area contributed by atoms with Gasteiger partial charge in [0, 0.05) is 12.6 Å². The molecule has 0 saturated carbocycles. The Bertz CT molecular complexity index is 752. The van der Waals surface area contributed by atoms with Crippen molar-refractivity contribution in [3.8, 4) is 22.8 Å². The van der Waals surface area contributed by atoms with Crippen LogP contribution in [0.4, 0.5) is 10.6 Å². The van der Waals surface area contributed by atoms with Gasteiger partial charge in [-0.2, -0.15) is 0 Å². The summed E-state index contributed by atoms with van der Waals surface area (Å²) in [5.41, 5.74) is 11.6. The third kappa shape index (κ3) is 2.66. The molecule has 0 radical (unpaired) electrons. The lowest BCUT2D eigenvalue weighted by Gasteiger charge is -2.12. The lowest BCUT2D eigenvalue weighted by molar-refractivity contribution is 0.100. The summed E-state index contributed by atoms with van der Waals surface area (Å²) in [6, 6.07) is 5.21. The van der Waals surface area contributed by atoms with Gasteiger partial charge in [-0.25, -0.2) is 4.79 Å². The van der Waals surface area contributed by atoms with Crippen LogP contribution in [0.1, 0.15) is 10.4 Å². The normalized spacial score (nSPS) is 10.3. The van der Waals surface area contributed by atoms with Crippen molar-refractivity contribution in [3.05, 3.63) is 29.8 Å². The van der Waals surface area contributed by atoms with Gasteiger partial charge in [-0.15, -0.1) is 0 Å². The quantitative estimate of drug-likeness (QED) is 0.670. The Morgan fingerprint density at radius 3 is 2.50 bits per heavy atom. The monoisotopic (exact) mass is 304 g/mol. The number of phenols is 1. The topological polar surface area (TPSA) is 133 Å². The first-order chi connectivity index (χ1) is 10.3. The number of aromatic nitrogens is 1. The van der Waals surface area contributed by atoms with E-state index in [2.05, 4.69) is 5.32 Å². The molecular formula is C14H16N4O4. The first-order valence-electron chi connectivity index (χ1n) is 6.28. The maximum absolute atomic E-state index is 11.6. The van der Waals surface area contributed by atoms with Crippen LogP contribution in [0.15, 0.2) is 24.3 Å². The average Bonchev–Trinajstić information content (AvgIpc) is 2.76. The molecule has 0 atom stereocenters. The third-order valence-electron chi connectivity index (χ3n) is 3.20. The number of urea groups is 1. The van der Waals surface area contributed by atoms with E-state index in [1.165, 1.54) is 29.9 Å².